The highest BCUT2D eigenvalue weighted by Crippen LogP contribution is 2.30. The summed E-state index contributed by atoms with van der Waals surface area (Å²) >= 11 is 1.48. The van der Waals surface area contributed by atoms with Crippen LogP contribution in [0.15, 0.2) is 54.0 Å². The second-order valence-corrected chi connectivity index (χ2v) is 11.6. The third-order valence-corrected chi connectivity index (χ3v) is 8.33. The number of aromatic nitrogens is 3. The topological polar surface area (TPSA) is 92.6 Å². The highest BCUT2D eigenvalue weighted by molar-refractivity contribution is 7.12. The summed E-state index contributed by atoms with van der Waals surface area (Å²) in [5.41, 5.74) is 6.06. The maximum Gasteiger partial charge on any atom is 0.322 e. The summed E-state index contributed by atoms with van der Waals surface area (Å²) in [5, 5.41) is 10.4. The Bertz CT molecular complexity index is 1560. The molecule has 3 amide bonds. The van der Waals surface area contributed by atoms with E-state index in [1.165, 1.54) is 11.3 Å². The van der Waals surface area contributed by atoms with Gasteiger partial charge in [0.25, 0.3) is 5.91 Å². The molecule has 0 radical (unpaired) electrons. The lowest BCUT2D eigenvalue weighted by atomic mass is 10.0. The van der Waals surface area contributed by atoms with Crippen LogP contribution >= 0.6 is 11.3 Å². The van der Waals surface area contributed by atoms with Crippen LogP contribution < -0.4 is 10.1 Å². The van der Waals surface area contributed by atoms with Crippen molar-refractivity contribution in [2.75, 3.05) is 32.1 Å². The molecule has 10 heteroatoms. The van der Waals surface area contributed by atoms with Crippen LogP contribution in [0.25, 0.3) is 16.4 Å². The molecule has 3 heterocycles. The van der Waals surface area contributed by atoms with Gasteiger partial charge in [0.05, 0.1) is 30.3 Å². The quantitative estimate of drug-likeness (QED) is 0.300. The van der Waals surface area contributed by atoms with E-state index in [1.807, 2.05) is 73.5 Å². The first kappa shape index (κ1) is 28.4. The number of ether oxygens (including phenoxy) is 1. The molecule has 1 atom stereocenters. The molecular formula is C31H36N6O3S. The van der Waals surface area contributed by atoms with E-state index in [2.05, 4.69) is 24.3 Å². The van der Waals surface area contributed by atoms with E-state index in [9.17, 15) is 9.59 Å². The number of carbonyl (C=O) groups is 2. The summed E-state index contributed by atoms with van der Waals surface area (Å²) in [7, 11) is 1.64. The summed E-state index contributed by atoms with van der Waals surface area (Å²) < 4.78 is 7.14. The molecule has 0 saturated carbocycles. The van der Waals surface area contributed by atoms with Crippen LogP contribution in [0.2, 0.25) is 0 Å². The molecule has 1 unspecified atom stereocenters. The lowest BCUT2D eigenvalue weighted by Gasteiger charge is -2.40. The molecule has 214 valence electrons. The van der Waals surface area contributed by atoms with Gasteiger partial charge in [-0.15, -0.1) is 11.3 Å². The number of nitrogens with one attached hydrogen (secondary N) is 1. The van der Waals surface area contributed by atoms with E-state index in [-0.39, 0.29) is 23.9 Å². The van der Waals surface area contributed by atoms with Crippen molar-refractivity contribution < 1.29 is 14.3 Å². The zero-order valence-corrected chi connectivity index (χ0v) is 25.2. The number of para-hydroxylation sites is 1. The fraction of sp³-hybridized carbons (Fsp3) is 0.355. The van der Waals surface area contributed by atoms with Crippen LogP contribution in [0.1, 0.15) is 53.9 Å². The molecule has 1 aliphatic heterocycles. The normalized spacial score (nSPS) is 15.3. The lowest BCUT2D eigenvalue weighted by molar-refractivity contribution is 0.0590. The first-order valence-electron chi connectivity index (χ1n) is 13.8. The number of carbonyl (C=O) groups excluding carboxylic acids is 2. The smallest absolute Gasteiger partial charge is 0.322 e. The number of nitrogens with zero attached hydrogens (tertiary/aromatic N) is 5. The molecule has 1 fully saturated rings. The molecule has 0 bridgehead atoms. The molecule has 9 nitrogen and oxygen atoms in total. The van der Waals surface area contributed by atoms with Gasteiger partial charge in [-0.3, -0.25) is 4.79 Å². The van der Waals surface area contributed by atoms with Crippen LogP contribution in [-0.2, 0) is 0 Å². The van der Waals surface area contributed by atoms with Crippen LogP contribution in [-0.4, -0.2) is 69.3 Å². The summed E-state index contributed by atoms with van der Waals surface area (Å²) in [6, 6.07) is 13.4. The van der Waals surface area contributed by atoms with Crippen LogP contribution in [0.5, 0.6) is 5.75 Å². The minimum Gasteiger partial charge on any atom is -0.497 e. The Morgan fingerprint density at radius 1 is 1.10 bits per heavy atom. The average Bonchev–Trinajstić information content (AvgIpc) is 3.62. The Balaban J connectivity index is 1.32. The SMILES string of the molecule is COc1cccc(-c2csc(-n3ncc(C(=O)N4CCN(C(=O)Nc5c(C)cccc5C)C(C)C4)c3C(C)C)n2)c1. The number of benzene rings is 2. The molecule has 2 aromatic carbocycles. The number of aryl methyl sites for hydroxylation is 2. The molecule has 1 aliphatic rings. The number of anilines is 1. The molecule has 41 heavy (non-hydrogen) atoms. The number of piperazine rings is 1. The van der Waals surface area contributed by atoms with Crippen molar-refractivity contribution in [1.29, 1.82) is 0 Å². The number of hydrogen-bond donors (Lipinski definition) is 1. The van der Waals surface area contributed by atoms with Crippen molar-refractivity contribution in [3.8, 4) is 22.1 Å². The largest absolute Gasteiger partial charge is 0.497 e. The number of hydrogen-bond acceptors (Lipinski definition) is 6. The van der Waals surface area contributed by atoms with Gasteiger partial charge in [0.15, 0.2) is 0 Å². The van der Waals surface area contributed by atoms with Crippen molar-refractivity contribution in [2.24, 2.45) is 0 Å². The van der Waals surface area contributed by atoms with E-state index >= 15 is 0 Å². The molecular weight excluding hydrogens is 536 g/mol. The molecule has 0 spiro atoms. The predicted molar refractivity (Wildman–Crippen MR) is 162 cm³/mol. The minimum absolute atomic E-state index is 0.0439. The van der Waals surface area contributed by atoms with Crippen molar-refractivity contribution in [2.45, 2.75) is 46.6 Å². The number of rotatable bonds is 6. The molecule has 4 aromatic rings. The van der Waals surface area contributed by atoms with Gasteiger partial charge >= 0.3 is 6.03 Å². The van der Waals surface area contributed by atoms with E-state index < -0.39 is 0 Å². The van der Waals surface area contributed by atoms with Gasteiger partial charge in [0.2, 0.25) is 5.13 Å². The molecule has 0 aliphatic carbocycles. The second-order valence-electron chi connectivity index (χ2n) is 10.7. The summed E-state index contributed by atoms with van der Waals surface area (Å²) in [5.74, 6) is 0.734. The van der Waals surface area contributed by atoms with Crippen LogP contribution in [0.4, 0.5) is 10.5 Å². The Kier molecular flexibility index (Phi) is 8.12. The summed E-state index contributed by atoms with van der Waals surface area (Å²) in [4.78, 5) is 35.4. The second kappa shape index (κ2) is 11.7. The first-order chi connectivity index (χ1) is 19.7. The number of methoxy groups -OCH3 is 1. The average molecular weight is 573 g/mol. The summed E-state index contributed by atoms with van der Waals surface area (Å²) in [6.07, 6.45) is 1.65. The zero-order chi connectivity index (χ0) is 29.3. The molecule has 5 rings (SSSR count). The number of urea groups is 1. The predicted octanol–water partition coefficient (Wildman–Crippen LogP) is 6.12. The van der Waals surface area contributed by atoms with Gasteiger partial charge in [-0.1, -0.05) is 44.2 Å². The highest BCUT2D eigenvalue weighted by atomic mass is 32.1. The Hall–Kier alpha value is -4.18. The van der Waals surface area contributed by atoms with Gasteiger partial charge < -0.3 is 19.9 Å². The Labute approximate surface area is 244 Å². The fourth-order valence-corrected chi connectivity index (χ4v) is 6.11. The third-order valence-electron chi connectivity index (χ3n) is 7.51. The molecule has 2 aromatic heterocycles. The maximum absolute atomic E-state index is 13.8. The van der Waals surface area contributed by atoms with Gasteiger partial charge in [-0.05, 0) is 49.9 Å². The zero-order valence-electron chi connectivity index (χ0n) is 24.3. The Morgan fingerprint density at radius 3 is 2.51 bits per heavy atom. The lowest BCUT2D eigenvalue weighted by Crippen LogP contribution is -2.56. The maximum atomic E-state index is 13.8. The van der Waals surface area contributed by atoms with E-state index in [1.54, 1.807) is 22.9 Å². The summed E-state index contributed by atoms with van der Waals surface area (Å²) in [6.45, 7) is 11.4. The standard InChI is InChI=1S/C31H36N6O3S/c1-19(2)28-25(16-32-37(28)31-33-26(18-41-31)23-11-8-12-24(15-23)40-6)29(38)35-13-14-36(22(5)17-35)30(39)34-27-20(3)9-7-10-21(27)4/h7-12,15-16,18-19,22H,13-14,17H2,1-6H3,(H,34,39). The van der Waals surface area contributed by atoms with E-state index in [0.717, 1.165) is 39.5 Å². The van der Waals surface area contributed by atoms with Gasteiger partial charge in [-0.2, -0.15) is 5.10 Å². The van der Waals surface area contributed by atoms with Crippen molar-refractivity contribution in [3.05, 3.63) is 76.4 Å². The van der Waals surface area contributed by atoms with Crippen LogP contribution in [0.3, 0.4) is 0 Å². The van der Waals surface area contributed by atoms with Crippen molar-refractivity contribution in [3.63, 3.8) is 0 Å². The van der Waals surface area contributed by atoms with Crippen LogP contribution in [0, 0.1) is 13.8 Å². The van der Waals surface area contributed by atoms with Gasteiger partial charge in [0, 0.05) is 42.3 Å². The van der Waals surface area contributed by atoms with Crippen molar-refractivity contribution >= 4 is 29.0 Å². The third kappa shape index (κ3) is 5.69. The number of thiazole rings is 1. The molecule has 1 saturated heterocycles. The van der Waals surface area contributed by atoms with Crippen molar-refractivity contribution in [1.82, 2.24) is 24.6 Å². The van der Waals surface area contributed by atoms with E-state index in [4.69, 9.17) is 9.72 Å². The van der Waals surface area contributed by atoms with E-state index in [0.29, 0.717) is 30.3 Å². The number of amides is 3. The highest BCUT2D eigenvalue weighted by Gasteiger charge is 2.33. The molecule has 1 N–H and O–H groups in total. The fourth-order valence-electron chi connectivity index (χ4n) is 5.31. The monoisotopic (exact) mass is 572 g/mol. The van der Waals surface area contributed by atoms with Gasteiger partial charge in [-0.25, -0.2) is 14.5 Å². The van der Waals surface area contributed by atoms with Gasteiger partial charge in [0.1, 0.15) is 5.75 Å². The minimum atomic E-state index is -0.145. The first-order valence-corrected chi connectivity index (χ1v) is 14.7. The Morgan fingerprint density at radius 2 is 1.83 bits per heavy atom.